The minimum atomic E-state index is -5.05. The lowest BCUT2D eigenvalue weighted by molar-refractivity contribution is -0.173. The summed E-state index contributed by atoms with van der Waals surface area (Å²) >= 11 is 5.77. The highest BCUT2D eigenvalue weighted by Gasteiger charge is 2.39. The van der Waals surface area contributed by atoms with Gasteiger partial charge in [-0.05, 0) is 11.6 Å². The van der Waals surface area contributed by atoms with Crippen LogP contribution in [0.2, 0.25) is 5.02 Å². The number of aliphatic carboxylic acids is 1. The lowest BCUT2D eigenvalue weighted by Gasteiger charge is -2.15. The molecule has 0 aliphatic heterocycles. The van der Waals surface area contributed by atoms with Crippen molar-refractivity contribution in [2.75, 3.05) is 6.54 Å². The third-order valence-electron chi connectivity index (χ3n) is 2.30. The van der Waals surface area contributed by atoms with Crippen molar-refractivity contribution in [3.8, 4) is 0 Å². The molecule has 4 nitrogen and oxygen atoms in total. The predicted molar refractivity (Wildman–Crippen MR) is 60.9 cm³/mol. The Kier molecular flexibility index (Phi) is 4.77. The molecule has 19 heavy (non-hydrogen) atoms. The summed E-state index contributed by atoms with van der Waals surface area (Å²) in [5, 5.41) is 10.6. The van der Waals surface area contributed by atoms with Crippen LogP contribution in [0.15, 0.2) is 24.3 Å². The van der Waals surface area contributed by atoms with Crippen molar-refractivity contribution in [2.45, 2.75) is 12.1 Å². The number of alkyl halides is 3. The summed E-state index contributed by atoms with van der Waals surface area (Å²) in [5.74, 6) is -4.92. The SMILES string of the molecule is O=C(O)C(CNC(=O)C(F)(F)F)c1ccccc1Cl. The van der Waals surface area contributed by atoms with Crippen molar-refractivity contribution in [3.05, 3.63) is 34.9 Å². The number of hydrogen-bond acceptors (Lipinski definition) is 2. The Bertz CT molecular complexity index is 490. The van der Waals surface area contributed by atoms with Crippen LogP contribution in [0.4, 0.5) is 13.2 Å². The van der Waals surface area contributed by atoms with E-state index in [9.17, 15) is 22.8 Å². The molecule has 0 bridgehead atoms. The average Bonchev–Trinajstić information content (AvgIpc) is 2.29. The number of carbonyl (C=O) groups excluding carboxylic acids is 1. The van der Waals surface area contributed by atoms with Crippen LogP contribution >= 0.6 is 11.6 Å². The smallest absolute Gasteiger partial charge is 0.471 e. The molecule has 1 atom stereocenters. The van der Waals surface area contributed by atoms with E-state index in [0.29, 0.717) is 0 Å². The summed E-state index contributed by atoms with van der Waals surface area (Å²) in [5.41, 5.74) is 0.138. The zero-order chi connectivity index (χ0) is 14.6. The van der Waals surface area contributed by atoms with Gasteiger partial charge in [0.15, 0.2) is 0 Å². The molecular weight excluding hydrogens is 287 g/mol. The van der Waals surface area contributed by atoms with Gasteiger partial charge in [-0.1, -0.05) is 29.8 Å². The van der Waals surface area contributed by atoms with Gasteiger partial charge in [0.25, 0.3) is 0 Å². The van der Waals surface area contributed by atoms with E-state index < -0.39 is 30.5 Å². The van der Waals surface area contributed by atoms with Crippen LogP contribution in [0.1, 0.15) is 11.5 Å². The fraction of sp³-hybridized carbons (Fsp3) is 0.273. The van der Waals surface area contributed by atoms with Crippen LogP contribution in [-0.4, -0.2) is 29.7 Å². The van der Waals surface area contributed by atoms with Crippen LogP contribution < -0.4 is 5.32 Å². The number of carboxylic acid groups (broad SMARTS) is 1. The highest BCUT2D eigenvalue weighted by atomic mass is 35.5. The van der Waals surface area contributed by atoms with E-state index in [0.717, 1.165) is 0 Å². The van der Waals surface area contributed by atoms with Gasteiger partial charge in [0.05, 0.1) is 0 Å². The van der Waals surface area contributed by atoms with Crippen molar-refractivity contribution < 1.29 is 27.9 Å². The number of hydrogen-bond donors (Lipinski definition) is 2. The normalized spacial score (nSPS) is 12.8. The maximum atomic E-state index is 12.0. The first kappa shape index (κ1) is 15.3. The second-order valence-electron chi connectivity index (χ2n) is 3.62. The Morgan fingerprint density at radius 2 is 1.89 bits per heavy atom. The third-order valence-corrected chi connectivity index (χ3v) is 2.65. The second-order valence-corrected chi connectivity index (χ2v) is 4.03. The molecule has 1 unspecified atom stereocenters. The second kappa shape index (κ2) is 5.92. The van der Waals surface area contributed by atoms with Crippen LogP contribution in [0, 0.1) is 0 Å². The molecule has 104 valence electrons. The van der Waals surface area contributed by atoms with Gasteiger partial charge < -0.3 is 10.4 Å². The molecule has 2 N–H and O–H groups in total. The Morgan fingerprint density at radius 3 is 2.37 bits per heavy atom. The molecule has 0 heterocycles. The maximum absolute atomic E-state index is 12.0. The fourth-order valence-corrected chi connectivity index (χ4v) is 1.65. The number of benzene rings is 1. The molecule has 1 amide bonds. The predicted octanol–water partition coefficient (Wildman–Crippen LogP) is 2.19. The highest BCUT2D eigenvalue weighted by molar-refractivity contribution is 6.31. The van der Waals surface area contributed by atoms with E-state index in [2.05, 4.69) is 0 Å². The number of halogens is 4. The van der Waals surface area contributed by atoms with Crippen molar-refractivity contribution in [2.24, 2.45) is 0 Å². The van der Waals surface area contributed by atoms with Gasteiger partial charge in [-0.15, -0.1) is 0 Å². The molecule has 0 radical (unpaired) electrons. The topological polar surface area (TPSA) is 66.4 Å². The summed E-state index contributed by atoms with van der Waals surface area (Å²) in [4.78, 5) is 21.7. The van der Waals surface area contributed by atoms with Crippen molar-refractivity contribution >= 4 is 23.5 Å². The Balaban J connectivity index is 2.84. The van der Waals surface area contributed by atoms with Gasteiger partial charge in [0.2, 0.25) is 0 Å². The van der Waals surface area contributed by atoms with Crippen LogP contribution in [0.3, 0.4) is 0 Å². The largest absolute Gasteiger partial charge is 0.481 e. The van der Waals surface area contributed by atoms with E-state index in [4.69, 9.17) is 16.7 Å². The van der Waals surface area contributed by atoms with E-state index in [-0.39, 0.29) is 10.6 Å². The number of amides is 1. The van der Waals surface area contributed by atoms with Gasteiger partial charge >= 0.3 is 18.1 Å². The van der Waals surface area contributed by atoms with Gasteiger partial charge in [0.1, 0.15) is 5.92 Å². The van der Waals surface area contributed by atoms with Gasteiger partial charge in [-0.2, -0.15) is 13.2 Å². The molecule has 1 rings (SSSR count). The molecule has 0 fully saturated rings. The molecule has 0 saturated heterocycles. The summed E-state index contributed by atoms with van der Waals surface area (Å²) in [6.45, 7) is -0.697. The van der Waals surface area contributed by atoms with Gasteiger partial charge in [-0.3, -0.25) is 9.59 Å². The molecule has 1 aromatic carbocycles. The molecule has 0 aromatic heterocycles. The van der Waals surface area contributed by atoms with Crippen LogP contribution in [-0.2, 0) is 9.59 Å². The maximum Gasteiger partial charge on any atom is 0.471 e. The average molecular weight is 296 g/mol. The minimum absolute atomic E-state index is 0.108. The lowest BCUT2D eigenvalue weighted by atomic mass is 9.99. The molecular formula is C11H9ClF3NO3. The Labute approximate surface area is 111 Å². The molecule has 1 aromatic rings. The zero-order valence-corrected chi connectivity index (χ0v) is 10.1. The zero-order valence-electron chi connectivity index (χ0n) is 9.37. The Hall–Kier alpha value is -1.76. The number of nitrogens with one attached hydrogen (secondary N) is 1. The summed E-state index contributed by atoms with van der Waals surface area (Å²) in [7, 11) is 0. The third kappa shape index (κ3) is 4.13. The highest BCUT2D eigenvalue weighted by Crippen LogP contribution is 2.24. The van der Waals surface area contributed by atoms with Crippen molar-refractivity contribution in [1.82, 2.24) is 5.32 Å². The molecule has 0 aliphatic carbocycles. The van der Waals surface area contributed by atoms with Crippen LogP contribution in [0.25, 0.3) is 0 Å². The summed E-state index contributed by atoms with van der Waals surface area (Å²) in [6, 6.07) is 5.85. The molecule has 0 aliphatic rings. The van der Waals surface area contributed by atoms with Crippen molar-refractivity contribution in [1.29, 1.82) is 0 Å². The first-order chi connectivity index (χ1) is 8.73. The number of rotatable bonds is 4. The summed E-state index contributed by atoms with van der Waals surface area (Å²) < 4.78 is 36.0. The van der Waals surface area contributed by atoms with Gasteiger partial charge in [-0.25, -0.2) is 0 Å². The first-order valence-corrected chi connectivity index (χ1v) is 5.43. The van der Waals surface area contributed by atoms with Crippen LogP contribution in [0.5, 0.6) is 0 Å². The Morgan fingerprint density at radius 1 is 1.32 bits per heavy atom. The minimum Gasteiger partial charge on any atom is -0.481 e. The first-order valence-electron chi connectivity index (χ1n) is 5.05. The molecule has 8 heteroatoms. The molecule has 0 spiro atoms. The van der Waals surface area contributed by atoms with E-state index in [1.54, 1.807) is 6.07 Å². The molecule has 0 saturated carbocycles. The number of carbonyl (C=O) groups is 2. The quantitative estimate of drug-likeness (QED) is 0.895. The summed E-state index contributed by atoms with van der Waals surface area (Å²) in [6.07, 6.45) is -5.05. The van der Waals surface area contributed by atoms with E-state index >= 15 is 0 Å². The van der Waals surface area contributed by atoms with Crippen molar-refractivity contribution in [3.63, 3.8) is 0 Å². The lowest BCUT2D eigenvalue weighted by Crippen LogP contribution is -2.40. The fourth-order valence-electron chi connectivity index (χ4n) is 1.38. The van der Waals surface area contributed by atoms with Gasteiger partial charge in [0, 0.05) is 11.6 Å². The monoisotopic (exact) mass is 295 g/mol. The number of carboxylic acids is 1. The van der Waals surface area contributed by atoms with E-state index in [1.807, 2.05) is 0 Å². The standard InChI is InChI=1S/C11H9ClF3NO3/c12-8-4-2-1-3-6(8)7(9(17)18)5-16-10(19)11(13,14)15/h1-4,7H,5H2,(H,16,19)(H,17,18). The van der Waals surface area contributed by atoms with E-state index in [1.165, 1.54) is 23.5 Å².